The lowest BCUT2D eigenvalue weighted by molar-refractivity contribution is 0.320. The second-order valence-electron chi connectivity index (χ2n) is 8.99. The molecule has 34 heavy (non-hydrogen) atoms. The number of aryl methyl sites for hydroxylation is 1. The number of hydrogen-bond acceptors (Lipinski definition) is 3. The van der Waals surface area contributed by atoms with Crippen molar-refractivity contribution in [2.75, 3.05) is 13.1 Å². The monoisotopic (exact) mass is 474 g/mol. The van der Waals surface area contributed by atoms with Gasteiger partial charge in [0.25, 0.3) is 0 Å². The van der Waals surface area contributed by atoms with Crippen molar-refractivity contribution >= 4 is 20.9 Å². The highest BCUT2D eigenvalue weighted by Crippen LogP contribution is 2.34. The predicted molar refractivity (Wildman–Crippen MR) is 134 cm³/mol. The van der Waals surface area contributed by atoms with Crippen LogP contribution in [0.3, 0.4) is 0 Å². The second-order valence-corrected chi connectivity index (χ2v) is 10.9. The van der Waals surface area contributed by atoms with Crippen molar-refractivity contribution in [3.8, 4) is 11.1 Å². The average Bonchev–Trinajstić information content (AvgIpc) is 2.86. The summed E-state index contributed by atoms with van der Waals surface area (Å²) in [6.45, 7) is 5.14. The Kier molecular flexibility index (Phi) is 5.96. The molecule has 174 valence electrons. The highest BCUT2D eigenvalue weighted by molar-refractivity contribution is 7.89. The summed E-state index contributed by atoms with van der Waals surface area (Å²) in [6, 6.07) is 20.8. The van der Waals surface area contributed by atoms with Crippen LogP contribution in [0.25, 0.3) is 22.0 Å². The highest BCUT2D eigenvalue weighted by Gasteiger charge is 2.31. The Bertz CT molecular complexity index is 1460. The number of aromatic nitrogens is 1. The molecule has 1 saturated heterocycles. The second kappa shape index (κ2) is 8.93. The summed E-state index contributed by atoms with van der Waals surface area (Å²) >= 11 is 0. The van der Waals surface area contributed by atoms with Crippen LogP contribution in [-0.4, -0.2) is 30.8 Å². The van der Waals surface area contributed by atoms with Crippen molar-refractivity contribution in [3.63, 3.8) is 0 Å². The Balaban J connectivity index is 1.33. The molecule has 4 nitrogen and oxygen atoms in total. The maximum absolute atomic E-state index is 14.1. The Labute approximate surface area is 200 Å². The van der Waals surface area contributed by atoms with Crippen molar-refractivity contribution < 1.29 is 12.8 Å². The fraction of sp³-hybridized carbons (Fsp3) is 0.250. The van der Waals surface area contributed by atoms with Gasteiger partial charge in [-0.05, 0) is 84.7 Å². The molecule has 2 heterocycles. The number of halogens is 1. The largest absolute Gasteiger partial charge is 0.253 e. The lowest BCUT2D eigenvalue weighted by Gasteiger charge is -2.31. The van der Waals surface area contributed by atoms with Gasteiger partial charge in [0.15, 0.2) is 0 Å². The van der Waals surface area contributed by atoms with E-state index in [1.807, 2.05) is 0 Å². The van der Waals surface area contributed by atoms with Crippen molar-refractivity contribution in [2.45, 2.75) is 37.5 Å². The van der Waals surface area contributed by atoms with Crippen LogP contribution >= 0.6 is 0 Å². The van der Waals surface area contributed by atoms with E-state index in [0.717, 1.165) is 12.8 Å². The lowest BCUT2D eigenvalue weighted by atomic mass is 9.88. The number of hydrogen-bond donors (Lipinski definition) is 0. The lowest BCUT2D eigenvalue weighted by Crippen LogP contribution is -2.38. The molecule has 1 fully saturated rings. The molecular formula is C28H27FN2O2S. The molecule has 0 amide bonds. The van der Waals surface area contributed by atoms with Gasteiger partial charge in [0.1, 0.15) is 11.3 Å². The van der Waals surface area contributed by atoms with Gasteiger partial charge in [0.05, 0.1) is 4.90 Å². The minimum Gasteiger partial charge on any atom is -0.253 e. The van der Waals surface area contributed by atoms with Gasteiger partial charge in [-0.25, -0.2) is 12.8 Å². The Morgan fingerprint density at radius 2 is 1.65 bits per heavy atom. The van der Waals surface area contributed by atoms with E-state index in [2.05, 4.69) is 61.3 Å². The number of piperidine rings is 1. The smallest absolute Gasteiger partial charge is 0.243 e. The normalized spacial score (nSPS) is 15.6. The molecule has 3 aromatic carbocycles. The van der Waals surface area contributed by atoms with Gasteiger partial charge in [0.2, 0.25) is 10.0 Å². The number of rotatable bonds is 4. The Morgan fingerprint density at radius 3 is 2.38 bits per heavy atom. The van der Waals surface area contributed by atoms with Gasteiger partial charge in [-0.2, -0.15) is 4.31 Å². The quantitative estimate of drug-likeness (QED) is 0.352. The first-order valence-electron chi connectivity index (χ1n) is 11.6. The van der Waals surface area contributed by atoms with Gasteiger partial charge in [0, 0.05) is 24.7 Å². The number of nitrogens with zero attached hydrogens (tertiary/aromatic N) is 2. The summed E-state index contributed by atoms with van der Waals surface area (Å²) < 4.78 is 42.4. The van der Waals surface area contributed by atoms with Crippen molar-refractivity contribution in [1.29, 1.82) is 0 Å². The average molecular weight is 475 g/mol. The fourth-order valence-electron chi connectivity index (χ4n) is 4.90. The van der Waals surface area contributed by atoms with Crippen LogP contribution in [0.1, 0.15) is 35.4 Å². The van der Waals surface area contributed by atoms with E-state index in [1.165, 1.54) is 50.5 Å². The number of sulfonamides is 1. The van der Waals surface area contributed by atoms with Gasteiger partial charge in [-0.1, -0.05) is 42.5 Å². The zero-order valence-corrected chi connectivity index (χ0v) is 20.1. The first kappa shape index (κ1) is 22.7. The van der Waals surface area contributed by atoms with E-state index in [4.69, 9.17) is 0 Å². The molecular weight excluding hydrogens is 447 g/mol. The third-order valence-corrected chi connectivity index (χ3v) is 9.01. The predicted octanol–water partition coefficient (Wildman–Crippen LogP) is 6.23. The van der Waals surface area contributed by atoms with E-state index in [9.17, 15) is 12.8 Å². The molecule has 1 aliphatic rings. The topological polar surface area (TPSA) is 50.3 Å². The first-order chi connectivity index (χ1) is 16.4. The van der Waals surface area contributed by atoms with Gasteiger partial charge in [-0.15, -0.1) is 0 Å². The van der Waals surface area contributed by atoms with Crippen molar-refractivity contribution in [1.82, 2.24) is 9.29 Å². The SMILES string of the molecule is Cc1cccc(-c2ccc(C3CCN(S(=O)(=O)c4ccc(F)c5ncccc45)CC3)cc2)c1C. The van der Waals surface area contributed by atoms with Crippen LogP contribution in [-0.2, 0) is 10.0 Å². The molecule has 0 atom stereocenters. The standard InChI is InChI=1S/C28H27FN2O2S/c1-19-5-3-6-24(20(19)2)23-10-8-21(9-11-23)22-14-17-31(18-15-22)34(32,33)27-13-12-26(29)28-25(27)7-4-16-30-28/h3-13,16,22H,14-15,17-18H2,1-2H3. The molecule has 0 spiro atoms. The Hall–Kier alpha value is -3.09. The van der Waals surface area contributed by atoms with Crippen LogP contribution in [0.2, 0.25) is 0 Å². The van der Waals surface area contributed by atoms with E-state index in [1.54, 1.807) is 12.1 Å². The zero-order chi connectivity index (χ0) is 23.9. The fourth-order valence-corrected chi connectivity index (χ4v) is 6.56. The van der Waals surface area contributed by atoms with E-state index in [-0.39, 0.29) is 10.4 Å². The van der Waals surface area contributed by atoms with Crippen LogP contribution in [0, 0.1) is 19.7 Å². The molecule has 4 aromatic rings. The highest BCUT2D eigenvalue weighted by atomic mass is 32.2. The number of fused-ring (bicyclic) bond motifs is 1. The molecule has 6 heteroatoms. The number of benzene rings is 3. The molecule has 0 radical (unpaired) electrons. The van der Waals surface area contributed by atoms with Crippen LogP contribution in [0.4, 0.5) is 4.39 Å². The first-order valence-corrected chi connectivity index (χ1v) is 13.0. The molecule has 1 aromatic heterocycles. The summed E-state index contributed by atoms with van der Waals surface area (Å²) in [5.74, 6) is -0.205. The van der Waals surface area contributed by atoms with E-state index < -0.39 is 15.8 Å². The van der Waals surface area contributed by atoms with Crippen molar-refractivity contribution in [2.24, 2.45) is 0 Å². The van der Waals surface area contributed by atoms with Crippen molar-refractivity contribution in [3.05, 3.63) is 95.4 Å². The van der Waals surface area contributed by atoms with Gasteiger partial charge < -0.3 is 0 Å². The number of pyridine rings is 1. The molecule has 0 unspecified atom stereocenters. The summed E-state index contributed by atoms with van der Waals surface area (Å²) in [7, 11) is -3.74. The van der Waals surface area contributed by atoms with Gasteiger partial charge >= 0.3 is 0 Å². The van der Waals surface area contributed by atoms with Crippen LogP contribution < -0.4 is 0 Å². The zero-order valence-electron chi connectivity index (χ0n) is 19.3. The van der Waals surface area contributed by atoms with E-state index >= 15 is 0 Å². The molecule has 0 saturated carbocycles. The minimum atomic E-state index is -3.74. The third kappa shape index (κ3) is 4.01. The molecule has 5 rings (SSSR count). The molecule has 0 bridgehead atoms. The Morgan fingerprint density at radius 1 is 0.912 bits per heavy atom. The van der Waals surface area contributed by atoms with Crippen LogP contribution in [0.15, 0.2) is 77.8 Å². The molecule has 1 aliphatic heterocycles. The van der Waals surface area contributed by atoms with E-state index in [0.29, 0.717) is 24.4 Å². The summed E-state index contributed by atoms with van der Waals surface area (Å²) in [6.07, 6.45) is 2.97. The molecule has 0 aliphatic carbocycles. The maximum atomic E-state index is 14.1. The van der Waals surface area contributed by atoms with Crippen LogP contribution in [0.5, 0.6) is 0 Å². The summed E-state index contributed by atoms with van der Waals surface area (Å²) in [4.78, 5) is 4.15. The summed E-state index contributed by atoms with van der Waals surface area (Å²) in [5, 5.41) is 0.326. The summed E-state index contributed by atoms with van der Waals surface area (Å²) in [5.41, 5.74) is 6.33. The third-order valence-electron chi connectivity index (χ3n) is 7.05. The maximum Gasteiger partial charge on any atom is 0.243 e. The van der Waals surface area contributed by atoms with Gasteiger partial charge in [-0.3, -0.25) is 4.98 Å². The minimum absolute atomic E-state index is 0.0856. The molecule has 0 N–H and O–H groups in total.